The quantitative estimate of drug-likeness (QED) is 0.445. The van der Waals surface area contributed by atoms with Crippen molar-refractivity contribution in [3.05, 3.63) is 77.7 Å². The van der Waals surface area contributed by atoms with Crippen LogP contribution < -0.4 is 5.32 Å². The lowest BCUT2D eigenvalue weighted by molar-refractivity contribution is 0.453. The number of hydrogen-bond acceptors (Lipinski definition) is 3. The van der Waals surface area contributed by atoms with Gasteiger partial charge < -0.3 is 10.3 Å². The van der Waals surface area contributed by atoms with E-state index in [1.54, 1.807) is 0 Å². The first-order chi connectivity index (χ1) is 13.8. The molecule has 3 rings (SSSR count). The number of hydrogen-bond donors (Lipinski definition) is 2. The van der Waals surface area contributed by atoms with Gasteiger partial charge in [0, 0.05) is 6.54 Å². The van der Waals surface area contributed by atoms with E-state index in [-0.39, 0.29) is 6.04 Å². The monoisotopic (exact) mass is 372 g/mol. The lowest BCUT2D eigenvalue weighted by atomic mass is 10.1. The molecule has 0 radical (unpaired) electrons. The predicted molar refractivity (Wildman–Crippen MR) is 114 cm³/mol. The Hall–Kier alpha value is -2.90. The zero-order valence-electron chi connectivity index (χ0n) is 16.5. The maximum atomic E-state index is 8.97. The molecule has 1 aromatic heterocycles. The van der Waals surface area contributed by atoms with Crippen LogP contribution in [-0.4, -0.2) is 9.97 Å². The van der Waals surface area contributed by atoms with Crippen molar-refractivity contribution < 1.29 is 0 Å². The molecule has 1 unspecified atom stereocenters. The van der Waals surface area contributed by atoms with Crippen molar-refractivity contribution in [1.29, 1.82) is 5.26 Å². The van der Waals surface area contributed by atoms with Crippen LogP contribution in [0.3, 0.4) is 0 Å². The zero-order valence-corrected chi connectivity index (χ0v) is 16.5. The molecule has 3 aromatic rings. The standard InChI is InChI=1S/C24H28N4/c1-2-3-4-8-11-22(26-17-20-9-6-5-7-10-20)24-27-18-23(28-24)21-14-12-19(16-25)13-15-21/h5-7,9-10,12-15,18,22,26H,2-4,8,11,17H2,1H3,(H,27,28). The van der Waals surface area contributed by atoms with Crippen LogP contribution in [-0.2, 0) is 6.54 Å². The Morgan fingerprint density at radius 2 is 1.82 bits per heavy atom. The Labute approximate surface area is 167 Å². The third kappa shape index (κ3) is 5.55. The summed E-state index contributed by atoms with van der Waals surface area (Å²) in [4.78, 5) is 8.15. The van der Waals surface area contributed by atoms with E-state index in [4.69, 9.17) is 5.26 Å². The van der Waals surface area contributed by atoms with E-state index >= 15 is 0 Å². The smallest absolute Gasteiger partial charge is 0.123 e. The number of nitrogens with zero attached hydrogens (tertiary/aromatic N) is 2. The van der Waals surface area contributed by atoms with Gasteiger partial charge >= 0.3 is 0 Å². The van der Waals surface area contributed by atoms with E-state index in [0.717, 1.165) is 30.0 Å². The van der Waals surface area contributed by atoms with Crippen LogP contribution in [0.5, 0.6) is 0 Å². The van der Waals surface area contributed by atoms with E-state index in [2.05, 4.69) is 52.5 Å². The molecular weight excluding hydrogens is 344 g/mol. The molecule has 0 bridgehead atoms. The third-order valence-corrected chi connectivity index (χ3v) is 4.99. The Kier molecular flexibility index (Phi) is 7.40. The number of nitriles is 1. The highest BCUT2D eigenvalue weighted by Gasteiger charge is 2.15. The highest BCUT2D eigenvalue weighted by molar-refractivity contribution is 5.59. The topological polar surface area (TPSA) is 64.5 Å². The van der Waals surface area contributed by atoms with E-state index < -0.39 is 0 Å². The first-order valence-corrected chi connectivity index (χ1v) is 10.1. The molecular formula is C24H28N4. The average molecular weight is 373 g/mol. The molecule has 1 atom stereocenters. The van der Waals surface area contributed by atoms with Crippen molar-refractivity contribution in [1.82, 2.24) is 15.3 Å². The van der Waals surface area contributed by atoms with Crippen molar-refractivity contribution in [2.45, 2.75) is 51.6 Å². The molecule has 0 fully saturated rings. The van der Waals surface area contributed by atoms with Crippen molar-refractivity contribution in [2.24, 2.45) is 0 Å². The fourth-order valence-electron chi connectivity index (χ4n) is 3.33. The summed E-state index contributed by atoms with van der Waals surface area (Å²) in [7, 11) is 0. The first-order valence-electron chi connectivity index (χ1n) is 10.1. The first kappa shape index (κ1) is 19.9. The number of H-pyrrole nitrogens is 1. The summed E-state index contributed by atoms with van der Waals surface area (Å²) in [5, 5.41) is 12.6. The van der Waals surface area contributed by atoms with Crippen LogP contribution in [0.2, 0.25) is 0 Å². The van der Waals surface area contributed by atoms with Crippen LogP contribution in [0, 0.1) is 11.3 Å². The number of rotatable bonds is 10. The third-order valence-electron chi connectivity index (χ3n) is 4.99. The van der Waals surface area contributed by atoms with Crippen LogP contribution in [0.4, 0.5) is 0 Å². The predicted octanol–water partition coefficient (Wildman–Crippen LogP) is 5.75. The number of imidazole rings is 1. The van der Waals surface area contributed by atoms with Gasteiger partial charge in [0.2, 0.25) is 0 Å². The molecule has 0 saturated carbocycles. The molecule has 0 aliphatic carbocycles. The summed E-state index contributed by atoms with van der Waals surface area (Å²) >= 11 is 0. The van der Waals surface area contributed by atoms with Crippen molar-refractivity contribution in [3.63, 3.8) is 0 Å². The van der Waals surface area contributed by atoms with Gasteiger partial charge in [-0.15, -0.1) is 0 Å². The van der Waals surface area contributed by atoms with Crippen LogP contribution in [0.15, 0.2) is 60.8 Å². The molecule has 0 saturated heterocycles. The molecule has 144 valence electrons. The minimum absolute atomic E-state index is 0.198. The molecule has 2 N–H and O–H groups in total. The second-order valence-corrected chi connectivity index (χ2v) is 7.14. The maximum absolute atomic E-state index is 8.97. The summed E-state index contributed by atoms with van der Waals surface area (Å²) in [5.41, 5.74) is 3.98. The van der Waals surface area contributed by atoms with Gasteiger partial charge in [0.15, 0.2) is 0 Å². The molecule has 4 heteroatoms. The van der Waals surface area contributed by atoms with Crippen LogP contribution in [0.1, 0.15) is 62.0 Å². The number of benzene rings is 2. The summed E-state index contributed by atoms with van der Waals surface area (Å²) in [6.45, 7) is 3.06. The van der Waals surface area contributed by atoms with E-state index in [1.807, 2.05) is 36.5 Å². The molecule has 0 spiro atoms. The molecule has 1 heterocycles. The lowest BCUT2D eigenvalue weighted by Crippen LogP contribution is -2.22. The Morgan fingerprint density at radius 3 is 2.54 bits per heavy atom. The Balaban J connectivity index is 1.71. The minimum atomic E-state index is 0.198. The fraction of sp³-hybridized carbons (Fsp3) is 0.333. The van der Waals surface area contributed by atoms with Crippen LogP contribution >= 0.6 is 0 Å². The molecule has 0 aliphatic rings. The van der Waals surface area contributed by atoms with Crippen molar-refractivity contribution in [3.8, 4) is 17.3 Å². The number of aromatic amines is 1. The Morgan fingerprint density at radius 1 is 1.04 bits per heavy atom. The number of nitrogens with one attached hydrogen (secondary N) is 2. The van der Waals surface area contributed by atoms with Gasteiger partial charge in [-0.3, -0.25) is 0 Å². The average Bonchev–Trinajstić information content (AvgIpc) is 3.24. The highest BCUT2D eigenvalue weighted by Crippen LogP contribution is 2.23. The van der Waals surface area contributed by atoms with E-state index in [1.165, 1.54) is 31.2 Å². The summed E-state index contributed by atoms with van der Waals surface area (Å²) in [5.74, 6) is 0.979. The van der Waals surface area contributed by atoms with Gasteiger partial charge in [-0.25, -0.2) is 4.98 Å². The summed E-state index contributed by atoms with van der Waals surface area (Å²) < 4.78 is 0. The highest BCUT2D eigenvalue weighted by atomic mass is 15.0. The number of aromatic nitrogens is 2. The normalized spacial score (nSPS) is 11.9. The van der Waals surface area contributed by atoms with Gasteiger partial charge in [0.25, 0.3) is 0 Å². The zero-order chi connectivity index (χ0) is 19.6. The van der Waals surface area contributed by atoms with Crippen LogP contribution in [0.25, 0.3) is 11.3 Å². The van der Waals surface area contributed by atoms with Crippen molar-refractivity contribution in [2.75, 3.05) is 0 Å². The van der Waals surface area contributed by atoms with Gasteiger partial charge in [0.05, 0.1) is 29.6 Å². The van der Waals surface area contributed by atoms with Crippen molar-refractivity contribution >= 4 is 0 Å². The van der Waals surface area contributed by atoms with Gasteiger partial charge in [-0.2, -0.15) is 5.26 Å². The van der Waals surface area contributed by atoms with Gasteiger partial charge in [0.1, 0.15) is 5.82 Å². The second kappa shape index (κ2) is 10.4. The van der Waals surface area contributed by atoms with Gasteiger partial charge in [-0.1, -0.05) is 75.1 Å². The van der Waals surface area contributed by atoms with Gasteiger partial charge in [-0.05, 0) is 29.7 Å². The minimum Gasteiger partial charge on any atom is -0.341 e. The SMILES string of the molecule is CCCCCCC(NCc1ccccc1)c1ncc(-c2ccc(C#N)cc2)[nH]1. The summed E-state index contributed by atoms with van der Waals surface area (Å²) in [6, 6.07) is 20.4. The molecule has 28 heavy (non-hydrogen) atoms. The number of unbranched alkanes of at least 4 members (excludes halogenated alkanes) is 3. The fourth-order valence-corrected chi connectivity index (χ4v) is 3.33. The molecule has 0 amide bonds. The second-order valence-electron chi connectivity index (χ2n) is 7.14. The maximum Gasteiger partial charge on any atom is 0.123 e. The molecule has 2 aromatic carbocycles. The lowest BCUT2D eigenvalue weighted by Gasteiger charge is -2.17. The molecule has 4 nitrogen and oxygen atoms in total. The molecule has 0 aliphatic heterocycles. The van der Waals surface area contributed by atoms with E-state index in [0.29, 0.717) is 5.56 Å². The largest absolute Gasteiger partial charge is 0.341 e. The summed E-state index contributed by atoms with van der Waals surface area (Å²) in [6.07, 6.45) is 7.91. The Bertz CT molecular complexity index is 875. The van der Waals surface area contributed by atoms with E-state index in [9.17, 15) is 0 Å².